The number of ether oxygens (including phenoxy) is 2. The molecule has 0 aliphatic carbocycles. The van der Waals surface area contributed by atoms with E-state index in [4.69, 9.17) is 9.47 Å². The number of amides is 1. The summed E-state index contributed by atoms with van der Waals surface area (Å²) in [6, 6.07) is 3.90. The Morgan fingerprint density at radius 3 is 2.81 bits per heavy atom. The van der Waals surface area contributed by atoms with Crippen LogP contribution in [0.1, 0.15) is 25.3 Å². The van der Waals surface area contributed by atoms with Crippen molar-refractivity contribution in [2.75, 3.05) is 46.4 Å². The molecule has 0 saturated carbocycles. The Morgan fingerprint density at radius 2 is 2.15 bits per heavy atom. The summed E-state index contributed by atoms with van der Waals surface area (Å²) in [5.41, 5.74) is 0.993. The highest BCUT2D eigenvalue weighted by Crippen LogP contribution is 2.17. The van der Waals surface area contributed by atoms with Gasteiger partial charge in [-0.2, -0.15) is 0 Å². The lowest BCUT2D eigenvalue weighted by Crippen LogP contribution is -2.55. The van der Waals surface area contributed by atoms with Crippen molar-refractivity contribution in [3.8, 4) is 5.88 Å². The molecule has 2 aliphatic rings. The molecule has 27 heavy (non-hydrogen) atoms. The third kappa shape index (κ3) is 4.88. The van der Waals surface area contributed by atoms with Gasteiger partial charge in [-0.15, -0.1) is 0 Å². The number of piperazine rings is 1. The van der Waals surface area contributed by atoms with E-state index in [-0.39, 0.29) is 12.0 Å². The highest BCUT2D eigenvalue weighted by atomic mass is 16.5. The molecule has 0 bridgehead atoms. The van der Waals surface area contributed by atoms with Crippen LogP contribution in [0.4, 0.5) is 0 Å². The summed E-state index contributed by atoms with van der Waals surface area (Å²) in [6.07, 6.45) is 3.31. The number of nitrogens with one attached hydrogen (secondary N) is 1. The van der Waals surface area contributed by atoms with Crippen LogP contribution >= 0.6 is 0 Å². The maximum absolute atomic E-state index is 12.5. The lowest BCUT2D eigenvalue weighted by Gasteiger charge is -2.37. The zero-order valence-electron chi connectivity index (χ0n) is 16.2. The van der Waals surface area contributed by atoms with Crippen molar-refractivity contribution in [1.82, 2.24) is 20.1 Å². The molecule has 0 radical (unpaired) electrons. The summed E-state index contributed by atoms with van der Waals surface area (Å²) in [5, 5.41) is 3.38. The van der Waals surface area contributed by atoms with Crippen LogP contribution in [0.25, 0.3) is 0 Å². The van der Waals surface area contributed by atoms with Gasteiger partial charge in [-0.25, -0.2) is 4.98 Å². The molecule has 8 heteroatoms. The van der Waals surface area contributed by atoms with E-state index >= 15 is 0 Å². The smallest absolute Gasteiger partial charge is 0.251 e. The van der Waals surface area contributed by atoms with Gasteiger partial charge in [0.2, 0.25) is 5.88 Å². The largest absolute Gasteiger partial charge is 0.478 e. The van der Waals surface area contributed by atoms with E-state index < -0.39 is 0 Å². The molecule has 1 unspecified atom stereocenters. The van der Waals surface area contributed by atoms with E-state index in [0.29, 0.717) is 38.7 Å². The summed E-state index contributed by atoms with van der Waals surface area (Å²) < 4.78 is 11.1. The fourth-order valence-electron chi connectivity index (χ4n) is 3.45. The highest BCUT2D eigenvalue weighted by Gasteiger charge is 2.30. The number of rotatable bonds is 5. The lowest BCUT2D eigenvalue weighted by atomic mass is 10.2. The fraction of sp³-hybridized carbons (Fsp3) is 0.632. The zero-order valence-corrected chi connectivity index (χ0v) is 16.2. The molecular formula is C19H29N5O3. The van der Waals surface area contributed by atoms with E-state index in [9.17, 15) is 4.79 Å². The maximum Gasteiger partial charge on any atom is 0.251 e. The van der Waals surface area contributed by atoms with Gasteiger partial charge >= 0.3 is 0 Å². The zero-order chi connectivity index (χ0) is 19.1. The molecule has 2 aliphatic heterocycles. The summed E-state index contributed by atoms with van der Waals surface area (Å²) >= 11 is 0. The second kappa shape index (κ2) is 9.55. The molecule has 1 aromatic heterocycles. The van der Waals surface area contributed by atoms with Crippen LogP contribution in [0.3, 0.4) is 0 Å². The first kappa shape index (κ1) is 19.4. The van der Waals surface area contributed by atoms with E-state index in [1.165, 1.54) is 0 Å². The number of aromatic nitrogens is 1. The number of hydrogen-bond acceptors (Lipinski definition) is 5. The predicted molar refractivity (Wildman–Crippen MR) is 103 cm³/mol. The standard InChI is InChI=1S/C19H29N5O3/c1-3-26-17-15(6-4-8-21-17)14-22-19(20-2)24-11-9-23(10-12-24)18(25)16-7-5-13-27-16/h4,6,8,16H,3,5,7,9-14H2,1-2H3,(H,20,22). The van der Waals surface area contributed by atoms with Crippen LogP contribution in [0, 0.1) is 0 Å². The van der Waals surface area contributed by atoms with Crippen LogP contribution in [-0.2, 0) is 16.1 Å². The number of pyridine rings is 1. The van der Waals surface area contributed by atoms with Crippen LogP contribution in [0.5, 0.6) is 5.88 Å². The minimum atomic E-state index is -0.239. The Hall–Kier alpha value is -2.35. The first-order chi connectivity index (χ1) is 13.2. The molecule has 1 aromatic rings. The number of aliphatic imine (C=N–C) groups is 1. The van der Waals surface area contributed by atoms with Crippen LogP contribution in [0.2, 0.25) is 0 Å². The van der Waals surface area contributed by atoms with E-state index in [1.54, 1.807) is 13.2 Å². The fourth-order valence-corrected chi connectivity index (χ4v) is 3.45. The predicted octanol–water partition coefficient (Wildman–Crippen LogP) is 0.879. The first-order valence-electron chi connectivity index (χ1n) is 9.65. The Kier molecular flexibility index (Phi) is 6.86. The number of guanidine groups is 1. The van der Waals surface area contributed by atoms with Crippen LogP contribution in [-0.4, -0.2) is 79.2 Å². The van der Waals surface area contributed by atoms with Gasteiger partial charge in [0.15, 0.2) is 5.96 Å². The quantitative estimate of drug-likeness (QED) is 0.608. The van der Waals surface area contributed by atoms with Gasteiger partial charge in [0, 0.05) is 58.1 Å². The second-order valence-corrected chi connectivity index (χ2v) is 6.62. The van der Waals surface area contributed by atoms with Gasteiger partial charge in [0.25, 0.3) is 5.91 Å². The average Bonchev–Trinajstić information content (AvgIpc) is 3.24. The normalized spacial score (nSPS) is 20.7. The monoisotopic (exact) mass is 375 g/mol. The van der Waals surface area contributed by atoms with Crippen molar-refractivity contribution in [3.63, 3.8) is 0 Å². The minimum absolute atomic E-state index is 0.131. The van der Waals surface area contributed by atoms with Gasteiger partial charge in [-0.3, -0.25) is 9.79 Å². The molecular weight excluding hydrogens is 346 g/mol. The van der Waals surface area contributed by atoms with E-state index in [2.05, 4.69) is 20.2 Å². The van der Waals surface area contributed by atoms with E-state index in [1.807, 2.05) is 24.0 Å². The molecule has 8 nitrogen and oxygen atoms in total. The highest BCUT2D eigenvalue weighted by molar-refractivity contribution is 5.82. The van der Waals surface area contributed by atoms with Crippen molar-refractivity contribution < 1.29 is 14.3 Å². The average molecular weight is 375 g/mol. The topological polar surface area (TPSA) is 79.3 Å². The van der Waals surface area contributed by atoms with Crippen molar-refractivity contribution in [2.45, 2.75) is 32.4 Å². The minimum Gasteiger partial charge on any atom is -0.478 e. The van der Waals surface area contributed by atoms with Gasteiger partial charge in [0.1, 0.15) is 6.10 Å². The molecule has 1 atom stereocenters. The third-order valence-electron chi connectivity index (χ3n) is 4.88. The van der Waals surface area contributed by atoms with E-state index in [0.717, 1.165) is 37.5 Å². The summed E-state index contributed by atoms with van der Waals surface area (Å²) in [7, 11) is 1.78. The Labute approximate surface area is 160 Å². The van der Waals surface area contributed by atoms with Crippen LogP contribution < -0.4 is 10.1 Å². The SMILES string of the molecule is CCOc1ncccc1CNC(=NC)N1CCN(C(=O)C2CCCO2)CC1. The van der Waals surface area contributed by atoms with Crippen molar-refractivity contribution in [1.29, 1.82) is 0 Å². The molecule has 2 saturated heterocycles. The third-order valence-corrected chi connectivity index (χ3v) is 4.88. The molecule has 3 heterocycles. The second-order valence-electron chi connectivity index (χ2n) is 6.62. The molecule has 3 rings (SSSR count). The summed E-state index contributed by atoms with van der Waals surface area (Å²) in [6.45, 7) is 6.71. The summed E-state index contributed by atoms with van der Waals surface area (Å²) in [4.78, 5) is 25.2. The maximum atomic E-state index is 12.5. The molecule has 148 valence electrons. The Balaban J connectivity index is 1.51. The van der Waals surface area contributed by atoms with Crippen molar-refractivity contribution in [3.05, 3.63) is 23.9 Å². The molecule has 2 fully saturated rings. The molecule has 0 aromatic carbocycles. The van der Waals surface area contributed by atoms with Gasteiger partial charge in [0.05, 0.1) is 6.61 Å². The number of hydrogen-bond donors (Lipinski definition) is 1. The Morgan fingerprint density at radius 1 is 1.37 bits per heavy atom. The van der Waals surface area contributed by atoms with Crippen molar-refractivity contribution in [2.24, 2.45) is 4.99 Å². The first-order valence-corrected chi connectivity index (χ1v) is 9.65. The number of carbonyl (C=O) groups is 1. The number of carbonyl (C=O) groups excluding carboxylic acids is 1. The number of nitrogens with zero attached hydrogens (tertiary/aromatic N) is 4. The van der Waals surface area contributed by atoms with Gasteiger partial charge in [-0.05, 0) is 25.8 Å². The van der Waals surface area contributed by atoms with Crippen LogP contribution in [0.15, 0.2) is 23.3 Å². The Bertz CT molecular complexity index is 653. The van der Waals surface area contributed by atoms with Crippen molar-refractivity contribution >= 4 is 11.9 Å². The molecule has 1 amide bonds. The molecule has 0 spiro atoms. The van der Waals surface area contributed by atoms with Gasteiger partial charge < -0.3 is 24.6 Å². The summed E-state index contributed by atoms with van der Waals surface area (Å²) in [5.74, 6) is 1.60. The molecule has 1 N–H and O–H groups in total. The van der Waals surface area contributed by atoms with Gasteiger partial charge in [-0.1, -0.05) is 6.07 Å². The lowest BCUT2D eigenvalue weighted by molar-refractivity contribution is -0.142.